The topological polar surface area (TPSA) is 43.8 Å². The Kier molecular flexibility index (Phi) is 2.79. The highest BCUT2D eigenvalue weighted by molar-refractivity contribution is 9.10. The zero-order valence-electron chi connectivity index (χ0n) is 10.4. The summed E-state index contributed by atoms with van der Waals surface area (Å²) < 4.78 is 3.08. The summed E-state index contributed by atoms with van der Waals surface area (Å²) in [5.74, 6) is 0. The Hall–Kier alpha value is -1.13. The summed E-state index contributed by atoms with van der Waals surface area (Å²) in [6, 6.07) is 10.4. The molecule has 4 heteroatoms. The number of aryl methyl sites for hydroxylation is 1. The van der Waals surface area contributed by atoms with E-state index in [1.165, 1.54) is 12.8 Å². The van der Waals surface area contributed by atoms with Crippen LogP contribution in [0.25, 0.3) is 5.69 Å². The smallest absolute Gasteiger partial charge is 0.0706 e. The van der Waals surface area contributed by atoms with E-state index in [4.69, 9.17) is 10.8 Å². The number of hydrogen-bond donors (Lipinski definition) is 1. The molecule has 1 aromatic heterocycles. The third-order valence-corrected chi connectivity index (χ3v) is 4.27. The third kappa shape index (κ3) is 1.89. The van der Waals surface area contributed by atoms with Gasteiger partial charge >= 0.3 is 0 Å². The van der Waals surface area contributed by atoms with Crippen LogP contribution >= 0.6 is 15.9 Å². The highest BCUT2D eigenvalue weighted by atomic mass is 79.9. The van der Waals surface area contributed by atoms with Crippen LogP contribution in [0.4, 0.5) is 0 Å². The molecule has 3 rings (SSSR count). The Morgan fingerprint density at radius 1 is 1.33 bits per heavy atom. The number of benzene rings is 1. The van der Waals surface area contributed by atoms with Crippen molar-refractivity contribution in [2.75, 3.05) is 6.54 Å². The number of nitrogens with zero attached hydrogens (tertiary/aromatic N) is 2. The summed E-state index contributed by atoms with van der Waals surface area (Å²) in [7, 11) is 0. The molecule has 2 N–H and O–H groups in total. The predicted octanol–water partition coefficient (Wildman–Crippen LogP) is 2.93. The third-order valence-electron chi connectivity index (χ3n) is 3.75. The number of halogens is 1. The van der Waals surface area contributed by atoms with Crippen LogP contribution in [-0.4, -0.2) is 16.3 Å². The normalized spacial score (nSPS) is 16.8. The minimum Gasteiger partial charge on any atom is -0.330 e. The highest BCUT2D eigenvalue weighted by Crippen LogP contribution is 2.46. The molecular weight excluding hydrogens is 290 g/mol. The Bertz CT molecular complexity index is 567. The standard InChI is InChI=1S/C14H16BrN3/c1-10-8-13(14(9-16)6-7-14)17-18(10)12-4-2-11(15)3-5-12/h2-5,8H,6-7,9,16H2,1H3. The van der Waals surface area contributed by atoms with Crippen molar-refractivity contribution in [3.63, 3.8) is 0 Å². The Labute approximate surface area is 115 Å². The van der Waals surface area contributed by atoms with Crippen LogP contribution in [0.2, 0.25) is 0 Å². The van der Waals surface area contributed by atoms with E-state index >= 15 is 0 Å². The van der Waals surface area contributed by atoms with Crippen LogP contribution in [0.1, 0.15) is 24.2 Å². The van der Waals surface area contributed by atoms with Crippen LogP contribution in [0.3, 0.4) is 0 Å². The fourth-order valence-electron chi connectivity index (χ4n) is 2.29. The Morgan fingerprint density at radius 2 is 2.00 bits per heavy atom. The van der Waals surface area contributed by atoms with E-state index in [-0.39, 0.29) is 5.41 Å². The molecule has 94 valence electrons. The molecule has 1 heterocycles. The minimum atomic E-state index is 0.158. The molecule has 1 saturated carbocycles. The van der Waals surface area contributed by atoms with Crippen LogP contribution in [0, 0.1) is 6.92 Å². The Morgan fingerprint density at radius 3 is 2.56 bits per heavy atom. The van der Waals surface area contributed by atoms with Gasteiger partial charge in [-0.3, -0.25) is 0 Å². The molecule has 2 aromatic rings. The van der Waals surface area contributed by atoms with Gasteiger partial charge < -0.3 is 5.73 Å². The van der Waals surface area contributed by atoms with Crippen molar-refractivity contribution in [3.8, 4) is 5.69 Å². The lowest BCUT2D eigenvalue weighted by atomic mass is 10.0. The molecule has 1 fully saturated rings. The first-order valence-electron chi connectivity index (χ1n) is 6.18. The molecule has 3 nitrogen and oxygen atoms in total. The monoisotopic (exact) mass is 305 g/mol. The molecule has 1 aliphatic carbocycles. The van der Waals surface area contributed by atoms with E-state index in [0.717, 1.165) is 21.5 Å². The largest absolute Gasteiger partial charge is 0.330 e. The van der Waals surface area contributed by atoms with Crippen molar-refractivity contribution in [3.05, 3.63) is 46.2 Å². The predicted molar refractivity (Wildman–Crippen MR) is 76.0 cm³/mol. The molecule has 0 spiro atoms. The van der Waals surface area contributed by atoms with Gasteiger partial charge in [-0.05, 0) is 50.1 Å². The zero-order chi connectivity index (χ0) is 12.8. The second-order valence-corrected chi connectivity index (χ2v) is 5.96. The number of aromatic nitrogens is 2. The van der Waals surface area contributed by atoms with Gasteiger partial charge in [-0.1, -0.05) is 15.9 Å². The fourth-order valence-corrected chi connectivity index (χ4v) is 2.56. The van der Waals surface area contributed by atoms with Gasteiger partial charge in [0.1, 0.15) is 0 Å². The molecule has 0 atom stereocenters. The second kappa shape index (κ2) is 4.21. The van der Waals surface area contributed by atoms with E-state index in [1.807, 2.05) is 16.8 Å². The van der Waals surface area contributed by atoms with Crippen LogP contribution < -0.4 is 5.73 Å². The summed E-state index contributed by atoms with van der Waals surface area (Å²) >= 11 is 3.45. The SMILES string of the molecule is Cc1cc(C2(CN)CC2)nn1-c1ccc(Br)cc1. The van der Waals surface area contributed by atoms with Gasteiger partial charge in [0.2, 0.25) is 0 Å². The highest BCUT2D eigenvalue weighted by Gasteiger charge is 2.45. The molecular formula is C14H16BrN3. The van der Waals surface area contributed by atoms with Crippen molar-refractivity contribution in [1.82, 2.24) is 9.78 Å². The van der Waals surface area contributed by atoms with Gasteiger partial charge in [0.15, 0.2) is 0 Å². The lowest BCUT2D eigenvalue weighted by molar-refractivity contribution is 0.660. The van der Waals surface area contributed by atoms with Crippen molar-refractivity contribution in [1.29, 1.82) is 0 Å². The summed E-state index contributed by atoms with van der Waals surface area (Å²) in [6.45, 7) is 2.79. The first-order valence-corrected chi connectivity index (χ1v) is 6.97. The Balaban J connectivity index is 2.00. The van der Waals surface area contributed by atoms with Crippen molar-refractivity contribution in [2.45, 2.75) is 25.2 Å². The van der Waals surface area contributed by atoms with E-state index in [2.05, 4.69) is 41.1 Å². The number of rotatable bonds is 3. The van der Waals surface area contributed by atoms with E-state index < -0.39 is 0 Å². The van der Waals surface area contributed by atoms with Gasteiger partial charge in [-0.15, -0.1) is 0 Å². The zero-order valence-corrected chi connectivity index (χ0v) is 11.9. The van der Waals surface area contributed by atoms with E-state index in [9.17, 15) is 0 Å². The van der Waals surface area contributed by atoms with Gasteiger partial charge in [0.05, 0.1) is 11.4 Å². The van der Waals surface area contributed by atoms with Crippen LogP contribution in [-0.2, 0) is 5.41 Å². The van der Waals surface area contributed by atoms with Crippen LogP contribution in [0.5, 0.6) is 0 Å². The minimum absolute atomic E-state index is 0.158. The van der Waals surface area contributed by atoms with Gasteiger partial charge in [0.25, 0.3) is 0 Å². The average molecular weight is 306 g/mol. The van der Waals surface area contributed by atoms with Crippen molar-refractivity contribution in [2.24, 2.45) is 5.73 Å². The molecule has 18 heavy (non-hydrogen) atoms. The number of nitrogens with two attached hydrogens (primary N) is 1. The molecule has 0 amide bonds. The first-order chi connectivity index (χ1) is 8.64. The summed E-state index contributed by atoms with van der Waals surface area (Å²) in [5, 5.41) is 4.74. The van der Waals surface area contributed by atoms with Crippen molar-refractivity contribution >= 4 is 15.9 Å². The maximum atomic E-state index is 5.86. The van der Waals surface area contributed by atoms with E-state index in [0.29, 0.717) is 6.54 Å². The van der Waals surface area contributed by atoms with Gasteiger partial charge in [0, 0.05) is 22.1 Å². The fraction of sp³-hybridized carbons (Fsp3) is 0.357. The molecule has 1 aromatic carbocycles. The van der Waals surface area contributed by atoms with Gasteiger partial charge in [-0.2, -0.15) is 5.10 Å². The molecule has 1 aliphatic rings. The molecule has 0 unspecified atom stereocenters. The second-order valence-electron chi connectivity index (χ2n) is 5.04. The number of hydrogen-bond acceptors (Lipinski definition) is 2. The average Bonchev–Trinajstić information content (AvgIpc) is 3.08. The summed E-state index contributed by atoms with van der Waals surface area (Å²) in [6.07, 6.45) is 2.33. The molecule has 0 saturated heterocycles. The molecule has 0 aliphatic heterocycles. The maximum Gasteiger partial charge on any atom is 0.0706 e. The van der Waals surface area contributed by atoms with Crippen molar-refractivity contribution < 1.29 is 0 Å². The maximum absolute atomic E-state index is 5.86. The summed E-state index contributed by atoms with van der Waals surface area (Å²) in [4.78, 5) is 0. The lowest BCUT2D eigenvalue weighted by Gasteiger charge is -2.08. The lowest BCUT2D eigenvalue weighted by Crippen LogP contribution is -2.20. The van der Waals surface area contributed by atoms with E-state index in [1.54, 1.807) is 0 Å². The molecule has 0 radical (unpaired) electrons. The van der Waals surface area contributed by atoms with Gasteiger partial charge in [-0.25, -0.2) is 4.68 Å². The quantitative estimate of drug-likeness (QED) is 0.947. The van der Waals surface area contributed by atoms with Crippen LogP contribution in [0.15, 0.2) is 34.8 Å². The molecule has 0 bridgehead atoms. The summed E-state index contributed by atoms with van der Waals surface area (Å²) in [5.41, 5.74) is 9.42. The first kappa shape index (κ1) is 11.9.